The molecule has 2 aromatic carbocycles. The van der Waals surface area contributed by atoms with E-state index in [0.717, 1.165) is 32.8 Å². The minimum Gasteiger partial charge on any atom is -0.267 e. The summed E-state index contributed by atoms with van der Waals surface area (Å²) in [6.07, 6.45) is 2.32. The SMILES string of the molecule is CCc1ccc(-c2nc(C)c(C(=O)Nn3cnc4scc(-c5ccccc5)c4c3=O)s2)cc1. The number of nitrogens with one attached hydrogen (secondary N) is 1. The number of nitrogens with zero attached hydrogens (tertiary/aromatic N) is 3. The van der Waals surface area contributed by atoms with Crippen molar-refractivity contribution in [3.63, 3.8) is 0 Å². The van der Waals surface area contributed by atoms with Gasteiger partial charge in [0.2, 0.25) is 0 Å². The van der Waals surface area contributed by atoms with Crippen LogP contribution in [-0.4, -0.2) is 20.6 Å². The van der Waals surface area contributed by atoms with Gasteiger partial charge in [0, 0.05) is 16.5 Å². The predicted octanol–water partition coefficient (Wildman–Crippen LogP) is 5.50. The number of hydrogen-bond acceptors (Lipinski definition) is 6. The summed E-state index contributed by atoms with van der Waals surface area (Å²) in [5.41, 5.74) is 6.95. The fraction of sp³-hybridized carbons (Fsp3) is 0.120. The van der Waals surface area contributed by atoms with Gasteiger partial charge in [-0.3, -0.25) is 15.0 Å². The van der Waals surface area contributed by atoms with Crippen LogP contribution in [0.5, 0.6) is 0 Å². The molecule has 0 atom stereocenters. The highest BCUT2D eigenvalue weighted by Gasteiger charge is 2.19. The van der Waals surface area contributed by atoms with E-state index in [1.165, 1.54) is 34.6 Å². The highest BCUT2D eigenvalue weighted by atomic mass is 32.1. The molecule has 33 heavy (non-hydrogen) atoms. The number of aromatic nitrogens is 3. The lowest BCUT2D eigenvalue weighted by Crippen LogP contribution is -2.33. The number of hydrogen-bond donors (Lipinski definition) is 1. The van der Waals surface area contributed by atoms with Gasteiger partial charge in [-0.2, -0.15) is 0 Å². The number of rotatable bonds is 5. The zero-order chi connectivity index (χ0) is 22.9. The molecule has 5 aromatic rings. The van der Waals surface area contributed by atoms with Crippen molar-refractivity contribution < 1.29 is 4.79 Å². The number of thiophene rings is 1. The lowest BCUT2D eigenvalue weighted by atomic mass is 10.1. The Hall–Kier alpha value is -3.62. The molecule has 0 spiro atoms. The number of benzene rings is 2. The zero-order valence-corrected chi connectivity index (χ0v) is 19.7. The van der Waals surface area contributed by atoms with Gasteiger partial charge in [-0.15, -0.1) is 22.7 Å². The Labute approximate surface area is 198 Å². The molecule has 0 aliphatic rings. The van der Waals surface area contributed by atoms with E-state index in [2.05, 4.69) is 34.5 Å². The maximum absolute atomic E-state index is 13.2. The molecule has 3 heterocycles. The first kappa shape index (κ1) is 21.2. The van der Waals surface area contributed by atoms with Gasteiger partial charge >= 0.3 is 0 Å². The van der Waals surface area contributed by atoms with Crippen LogP contribution in [0.25, 0.3) is 31.9 Å². The van der Waals surface area contributed by atoms with Crippen molar-refractivity contribution in [2.24, 2.45) is 0 Å². The van der Waals surface area contributed by atoms with Crippen molar-refractivity contribution in [3.8, 4) is 21.7 Å². The first-order valence-electron chi connectivity index (χ1n) is 10.5. The first-order valence-corrected chi connectivity index (χ1v) is 12.2. The van der Waals surface area contributed by atoms with Gasteiger partial charge in [-0.1, -0.05) is 61.5 Å². The highest BCUT2D eigenvalue weighted by molar-refractivity contribution is 7.17. The van der Waals surface area contributed by atoms with Gasteiger partial charge in [0.15, 0.2) is 0 Å². The molecule has 5 rings (SSSR count). The number of carbonyl (C=O) groups excluding carboxylic acids is 1. The molecule has 0 saturated carbocycles. The van der Waals surface area contributed by atoms with Crippen molar-refractivity contribution in [3.05, 3.63) is 92.8 Å². The van der Waals surface area contributed by atoms with Crippen LogP contribution >= 0.6 is 22.7 Å². The van der Waals surface area contributed by atoms with Crippen molar-refractivity contribution in [2.45, 2.75) is 20.3 Å². The van der Waals surface area contributed by atoms with E-state index in [1.54, 1.807) is 6.92 Å². The van der Waals surface area contributed by atoms with E-state index >= 15 is 0 Å². The minimum atomic E-state index is -0.388. The summed E-state index contributed by atoms with van der Waals surface area (Å²) in [7, 11) is 0. The molecule has 0 fully saturated rings. The molecule has 3 aromatic heterocycles. The Morgan fingerprint density at radius 3 is 2.55 bits per heavy atom. The maximum Gasteiger partial charge on any atom is 0.282 e. The molecule has 1 N–H and O–H groups in total. The van der Waals surface area contributed by atoms with Crippen molar-refractivity contribution in [2.75, 3.05) is 5.43 Å². The second kappa shape index (κ2) is 8.73. The Balaban J connectivity index is 1.47. The number of thiazole rings is 1. The largest absolute Gasteiger partial charge is 0.282 e. The third-order valence-corrected chi connectivity index (χ3v) is 7.51. The average Bonchev–Trinajstić information content (AvgIpc) is 3.46. The van der Waals surface area contributed by atoms with Gasteiger partial charge in [0.05, 0.1) is 11.1 Å². The van der Waals surface area contributed by atoms with Crippen molar-refractivity contribution >= 4 is 38.8 Å². The summed E-state index contributed by atoms with van der Waals surface area (Å²) in [6.45, 7) is 3.91. The molecule has 0 aliphatic heterocycles. The summed E-state index contributed by atoms with van der Waals surface area (Å²) in [5.74, 6) is -0.388. The Bertz CT molecular complexity index is 1520. The molecule has 164 valence electrons. The van der Waals surface area contributed by atoms with Crippen LogP contribution in [0.3, 0.4) is 0 Å². The van der Waals surface area contributed by atoms with Crippen LogP contribution in [0.2, 0.25) is 0 Å². The lowest BCUT2D eigenvalue weighted by Gasteiger charge is -2.07. The summed E-state index contributed by atoms with van der Waals surface area (Å²) in [5, 5.41) is 3.18. The monoisotopic (exact) mass is 472 g/mol. The molecule has 8 heteroatoms. The van der Waals surface area contributed by atoms with Crippen LogP contribution < -0.4 is 11.0 Å². The number of amides is 1. The van der Waals surface area contributed by atoms with E-state index in [4.69, 9.17) is 0 Å². The number of carbonyl (C=O) groups is 1. The molecule has 1 amide bonds. The Morgan fingerprint density at radius 1 is 1.06 bits per heavy atom. The normalized spacial score (nSPS) is 11.1. The predicted molar refractivity (Wildman–Crippen MR) is 135 cm³/mol. The molecular formula is C25H20N4O2S2. The van der Waals surface area contributed by atoms with Crippen LogP contribution in [0, 0.1) is 6.92 Å². The Morgan fingerprint density at radius 2 is 1.82 bits per heavy atom. The summed E-state index contributed by atoms with van der Waals surface area (Å²) in [4.78, 5) is 36.3. The average molecular weight is 473 g/mol. The molecular weight excluding hydrogens is 452 g/mol. The van der Waals surface area contributed by atoms with Crippen molar-refractivity contribution in [1.29, 1.82) is 0 Å². The second-order valence-corrected chi connectivity index (χ2v) is 9.40. The molecule has 0 saturated heterocycles. The topological polar surface area (TPSA) is 76.9 Å². The zero-order valence-electron chi connectivity index (χ0n) is 18.0. The van der Waals surface area contributed by atoms with E-state index in [-0.39, 0.29) is 11.5 Å². The van der Waals surface area contributed by atoms with Crippen LogP contribution in [0.1, 0.15) is 27.9 Å². The molecule has 6 nitrogen and oxygen atoms in total. The first-order chi connectivity index (χ1) is 16.0. The number of aryl methyl sites for hydroxylation is 2. The van der Waals surface area contributed by atoms with Gasteiger partial charge in [0.25, 0.3) is 11.5 Å². The van der Waals surface area contributed by atoms with Gasteiger partial charge in [0.1, 0.15) is 21.0 Å². The lowest BCUT2D eigenvalue weighted by molar-refractivity contribution is 0.101. The highest BCUT2D eigenvalue weighted by Crippen LogP contribution is 2.31. The summed E-state index contributed by atoms with van der Waals surface area (Å²) < 4.78 is 1.15. The fourth-order valence-corrected chi connectivity index (χ4v) is 5.48. The smallest absolute Gasteiger partial charge is 0.267 e. The third kappa shape index (κ3) is 3.99. The summed E-state index contributed by atoms with van der Waals surface area (Å²) in [6, 6.07) is 17.8. The van der Waals surface area contributed by atoms with Crippen LogP contribution in [0.15, 0.2) is 71.1 Å². The minimum absolute atomic E-state index is 0.314. The molecule has 0 radical (unpaired) electrons. The number of fused-ring (bicyclic) bond motifs is 1. The van der Waals surface area contributed by atoms with Crippen LogP contribution in [0.4, 0.5) is 0 Å². The molecule has 0 aliphatic carbocycles. The van der Waals surface area contributed by atoms with E-state index in [0.29, 0.717) is 20.8 Å². The molecule has 0 unspecified atom stereocenters. The van der Waals surface area contributed by atoms with Gasteiger partial charge < -0.3 is 0 Å². The van der Waals surface area contributed by atoms with E-state index in [1.807, 2.05) is 47.8 Å². The van der Waals surface area contributed by atoms with Crippen LogP contribution in [-0.2, 0) is 6.42 Å². The quantitative estimate of drug-likeness (QED) is 0.366. The summed E-state index contributed by atoms with van der Waals surface area (Å²) >= 11 is 2.72. The standard InChI is InChI=1S/C25H20N4O2S2/c1-3-16-9-11-18(12-10-16)23-27-15(2)21(33-23)22(30)28-29-14-26-24-20(25(29)31)19(13-32-24)17-7-5-4-6-8-17/h4-14H,3H2,1-2H3,(H,28,30). The fourth-order valence-electron chi connectivity index (χ4n) is 3.62. The van der Waals surface area contributed by atoms with E-state index in [9.17, 15) is 9.59 Å². The third-order valence-electron chi connectivity index (χ3n) is 5.41. The van der Waals surface area contributed by atoms with E-state index < -0.39 is 0 Å². The molecule has 0 bridgehead atoms. The Kier molecular flexibility index (Phi) is 5.62. The van der Waals surface area contributed by atoms with Crippen molar-refractivity contribution in [1.82, 2.24) is 14.6 Å². The maximum atomic E-state index is 13.2. The van der Waals surface area contributed by atoms with Gasteiger partial charge in [-0.25, -0.2) is 14.6 Å². The van der Waals surface area contributed by atoms with Gasteiger partial charge in [-0.05, 0) is 24.5 Å². The second-order valence-electron chi connectivity index (χ2n) is 7.54.